The molecule has 0 spiro atoms. The molecule has 0 aliphatic carbocycles. The van der Waals surface area contributed by atoms with Crippen molar-refractivity contribution in [2.75, 3.05) is 13.6 Å². The molecule has 3 nitrogen and oxygen atoms in total. The molecule has 1 aliphatic rings. The number of benzene rings is 1. The number of aryl methyl sites for hydroxylation is 1. The van der Waals surface area contributed by atoms with E-state index < -0.39 is 12.7 Å². The lowest BCUT2D eigenvalue weighted by Crippen LogP contribution is -2.28. The van der Waals surface area contributed by atoms with Gasteiger partial charge in [0.25, 0.3) is 0 Å². The quantitative estimate of drug-likeness (QED) is 0.905. The summed E-state index contributed by atoms with van der Waals surface area (Å²) < 4.78 is 39.2. The Morgan fingerprint density at radius 1 is 1.17 bits per heavy atom. The van der Waals surface area contributed by atoms with Crippen LogP contribution in [0.25, 0.3) is 10.9 Å². The molecule has 0 unspecified atom stereocenters. The van der Waals surface area contributed by atoms with Gasteiger partial charge in [-0.1, -0.05) is 6.92 Å². The molecule has 6 heteroatoms. The molecule has 1 aromatic heterocycles. The zero-order valence-electron chi connectivity index (χ0n) is 13.5. The number of halogens is 3. The maximum atomic E-state index is 12.3. The summed E-state index contributed by atoms with van der Waals surface area (Å²) in [5.74, 6) is 0. The first-order valence-electron chi connectivity index (χ1n) is 7.97. The van der Waals surface area contributed by atoms with Gasteiger partial charge in [-0.05, 0) is 42.3 Å². The third-order valence-corrected chi connectivity index (χ3v) is 4.27. The van der Waals surface area contributed by atoms with E-state index in [0.717, 1.165) is 42.5 Å². The fourth-order valence-electron chi connectivity index (χ4n) is 3.34. The van der Waals surface area contributed by atoms with Crippen LogP contribution in [-0.4, -0.2) is 29.2 Å². The number of fused-ring (bicyclic) bond motifs is 2. The van der Waals surface area contributed by atoms with Gasteiger partial charge in [-0.3, -0.25) is 4.90 Å². The smallest absolute Gasteiger partial charge is 0.347 e. The summed E-state index contributed by atoms with van der Waals surface area (Å²) >= 11 is 0. The van der Waals surface area contributed by atoms with Crippen molar-refractivity contribution in [2.24, 2.45) is 0 Å². The minimum Gasteiger partial charge on any atom is -0.347 e. The molecule has 0 saturated carbocycles. The lowest BCUT2D eigenvalue weighted by molar-refractivity contribution is -0.125. The number of rotatable bonds is 5. The Labute approximate surface area is 134 Å². The predicted molar refractivity (Wildman–Crippen MR) is 85.2 cm³/mol. The van der Waals surface area contributed by atoms with Crippen molar-refractivity contribution in [3.63, 3.8) is 0 Å². The Balaban J connectivity index is 1.92. The molecule has 126 valence electrons. The van der Waals surface area contributed by atoms with E-state index in [-0.39, 0.29) is 6.54 Å². The highest BCUT2D eigenvalue weighted by atomic mass is 19.4. The van der Waals surface area contributed by atoms with Crippen molar-refractivity contribution in [3.05, 3.63) is 35.0 Å². The molecule has 23 heavy (non-hydrogen) atoms. The first kappa shape index (κ1) is 16.3. The minimum absolute atomic E-state index is 0.237. The Morgan fingerprint density at radius 2 is 1.87 bits per heavy atom. The van der Waals surface area contributed by atoms with Crippen LogP contribution in [0.15, 0.2) is 18.3 Å². The Bertz CT molecular complexity index is 703. The molecule has 0 saturated heterocycles. The Kier molecular flexibility index (Phi) is 4.38. The zero-order chi connectivity index (χ0) is 16.6. The second-order valence-corrected chi connectivity index (χ2v) is 6.38. The van der Waals surface area contributed by atoms with Crippen LogP contribution in [0.3, 0.4) is 0 Å². The highest BCUT2D eigenvalue weighted by molar-refractivity contribution is 5.86. The van der Waals surface area contributed by atoms with E-state index in [1.165, 1.54) is 11.1 Å². The molecular weight excluding hydrogens is 303 g/mol. The molecule has 0 atom stereocenters. The van der Waals surface area contributed by atoms with Crippen molar-refractivity contribution >= 4 is 10.9 Å². The number of alkyl halides is 3. The van der Waals surface area contributed by atoms with Gasteiger partial charge in [-0.25, -0.2) is 0 Å². The maximum absolute atomic E-state index is 12.3. The lowest BCUT2D eigenvalue weighted by atomic mass is 10.1. The fourth-order valence-corrected chi connectivity index (χ4v) is 3.34. The molecule has 1 aliphatic heterocycles. The van der Waals surface area contributed by atoms with Gasteiger partial charge in [-0.15, -0.1) is 0 Å². The molecule has 2 heterocycles. The summed E-state index contributed by atoms with van der Waals surface area (Å²) in [5.41, 5.74) is 4.68. The first-order chi connectivity index (χ1) is 10.9. The Hall–Kier alpha value is -1.53. The summed E-state index contributed by atoms with van der Waals surface area (Å²) in [5, 5.41) is 3.59. The van der Waals surface area contributed by atoms with Crippen LogP contribution >= 0.6 is 0 Å². The summed E-state index contributed by atoms with van der Waals surface area (Å²) in [4.78, 5) is 2.25. The summed E-state index contributed by atoms with van der Waals surface area (Å²) in [6.07, 6.45) is -1.18. The second kappa shape index (κ2) is 6.17. The number of aromatic nitrogens is 1. The average molecular weight is 325 g/mol. The summed E-state index contributed by atoms with van der Waals surface area (Å²) in [6, 6.07) is 4.36. The highest BCUT2D eigenvalue weighted by Crippen LogP contribution is 2.30. The third kappa shape index (κ3) is 3.53. The molecule has 1 aromatic carbocycles. The van der Waals surface area contributed by atoms with E-state index in [9.17, 15) is 13.2 Å². The highest BCUT2D eigenvalue weighted by Gasteiger charge is 2.26. The van der Waals surface area contributed by atoms with E-state index in [2.05, 4.69) is 40.9 Å². The van der Waals surface area contributed by atoms with Crippen molar-refractivity contribution in [3.8, 4) is 0 Å². The molecule has 0 fully saturated rings. The minimum atomic E-state index is -4.17. The average Bonchev–Trinajstić information content (AvgIpc) is 2.96. The number of hydrogen-bond donors (Lipinski definition) is 1. The SMILES string of the molecule is CCCn1cc(CNCC(F)(F)F)c2cc3c(cc21)CN(C)C3. The van der Waals surface area contributed by atoms with Gasteiger partial charge in [-0.2, -0.15) is 13.2 Å². The summed E-state index contributed by atoms with van der Waals surface area (Å²) in [7, 11) is 2.08. The van der Waals surface area contributed by atoms with Crippen molar-refractivity contribution in [1.29, 1.82) is 0 Å². The van der Waals surface area contributed by atoms with Crippen LogP contribution < -0.4 is 5.32 Å². The van der Waals surface area contributed by atoms with Crippen LogP contribution in [0.1, 0.15) is 30.0 Å². The number of nitrogens with zero attached hydrogens (tertiary/aromatic N) is 2. The number of nitrogens with one attached hydrogen (secondary N) is 1. The van der Waals surface area contributed by atoms with Crippen LogP contribution in [-0.2, 0) is 26.2 Å². The van der Waals surface area contributed by atoms with E-state index in [0.29, 0.717) is 0 Å². The van der Waals surface area contributed by atoms with Gasteiger partial charge in [0, 0.05) is 43.3 Å². The molecule has 3 rings (SSSR count). The largest absolute Gasteiger partial charge is 0.401 e. The normalized spacial score (nSPS) is 15.5. The van der Waals surface area contributed by atoms with Crippen LogP contribution in [0, 0.1) is 0 Å². The maximum Gasteiger partial charge on any atom is 0.401 e. The van der Waals surface area contributed by atoms with Gasteiger partial charge in [0.15, 0.2) is 0 Å². The van der Waals surface area contributed by atoms with Gasteiger partial charge in [0.2, 0.25) is 0 Å². The fraction of sp³-hybridized carbons (Fsp3) is 0.529. The zero-order valence-corrected chi connectivity index (χ0v) is 13.5. The molecule has 0 amide bonds. The van der Waals surface area contributed by atoms with Crippen LogP contribution in [0.4, 0.5) is 13.2 Å². The molecular formula is C17H22F3N3. The van der Waals surface area contributed by atoms with Crippen molar-refractivity contribution < 1.29 is 13.2 Å². The Morgan fingerprint density at radius 3 is 2.52 bits per heavy atom. The molecule has 2 aromatic rings. The van der Waals surface area contributed by atoms with Gasteiger partial charge in [0.05, 0.1) is 6.54 Å². The topological polar surface area (TPSA) is 20.2 Å². The van der Waals surface area contributed by atoms with E-state index in [1.807, 2.05) is 6.20 Å². The van der Waals surface area contributed by atoms with E-state index in [4.69, 9.17) is 0 Å². The van der Waals surface area contributed by atoms with Crippen LogP contribution in [0.5, 0.6) is 0 Å². The van der Waals surface area contributed by atoms with Gasteiger partial charge >= 0.3 is 6.18 Å². The molecule has 1 N–H and O–H groups in total. The standard InChI is InChI=1S/C17H22F3N3/c1-3-4-23-10-14(7-21-11-17(18,19)20)15-5-12-8-22(2)9-13(12)6-16(15)23/h5-6,10,21H,3-4,7-9,11H2,1-2H3. The van der Waals surface area contributed by atoms with Gasteiger partial charge < -0.3 is 9.88 Å². The lowest BCUT2D eigenvalue weighted by Gasteiger charge is -2.07. The van der Waals surface area contributed by atoms with E-state index in [1.54, 1.807) is 0 Å². The number of hydrogen-bond acceptors (Lipinski definition) is 2. The van der Waals surface area contributed by atoms with E-state index >= 15 is 0 Å². The molecule has 0 bridgehead atoms. The predicted octanol–water partition coefficient (Wildman–Crippen LogP) is 3.65. The van der Waals surface area contributed by atoms with Crippen LogP contribution in [0.2, 0.25) is 0 Å². The van der Waals surface area contributed by atoms with Crippen molar-refractivity contribution in [1.82, 2.24) is 14.8 Å². The first-order valence-corrected chi connectivity index (χ1v) is 7.97. The van der Waals surface area contributed by atoms with Gasteiger partial charge in [0.1, 0.15) is 0 Å². The second-order valence-electron chi connectivity index (χ2n) is 6.38. The molecule has 0 radical (unpaired) electrons. The third-order valence-electron chi connectivity index (χ3n) is 4.27. The van der Waals surface area contributed by atoms with Crippen molar-refractivity contribution in [2.45, 2.75) is 45.7 Å². The monoisotopic (exact) mass is 325 g/mol. The summed E-state index contributed by atoms with van der Waals surface area (Å²) in [6.45, 7) is 4.10.